The summed E-state index contributed by atoms with van der Waals surface area (Å²) >= 11 is 0. The highest BCUT2D eigenvalue weighted by atomic mass is 16.2. The van der Waals surface area contributed by atoms with E-state index >= 15 is 0 Å². The molecule has 0 aliphatic carbocycles. The van der Waals surface area contributed by atoms with Gasteiger partial charge >= 0.3 is 5.69 Å². The molecule has 0 spiro atoms. The van der Waals surface area contributed by atoms with Crippen molar-refractivity contribution >= 4 is 16.6 Å². The van der Waals surface area contributed by atoms with Crippen LogP contribution in [0.3, 0.4) is 0 Å². The molecule has 0 unspecified atom stereocenters. The van der Waals surface area contributed by atoms with Gasteiger partial charge in [-0.15, -0.1) is 0 Å². The third kappa shape index (κ3) is 1.50. The van der Waals surface area contributed by atoms with Crippen LogP contribution in [0.4, 0.5) is 5.69 Å². The second-order valence-corrected chi connectivity index (χ2v) is 4.00. The van der Waals surface area contributed by atoms with Crippen molar-refractivity contribution in [1.29, 1.82) is 0 Å². The number of H-pyrrole nitrogens is 1. The van der Waals surface area contributed by atoms with Crippen molar-refractivity contribution in [1.82, 2.24) is 9.55 Å². The van der Waals surface area contributed by atoms with Crippen molar-refractivity contribution in [3.63, 3.8) is 0 Å². The van der Waals surface area contributed by atoms with E-state index < -0.39 is 5.69 Å². The number of nitrogens with one attached hydrogen (secondary N) is 1. The van der Waals surface area contributed by atoms with Crippen LogP contribution in [0.25, 0.3) is 10.9 Å². The molecule has 3 N–H and O–H groups in total. The van der Waals surface area contributed by atoms with Crippen LogP contribution in [-0.2, 0) is 0 Å². The first-order chi connectivity index (χ1) is 7.50. The lowest BCUT2D eigenvalue weighted by Gasteiger charge is -2.09. The van der Waals surface area contributed by atoms with Crippen molar-refractivity contribution in [2.24, 2.45) is 0 Å². The van der Waals surface area contributed by atoms with Crippen LogP contribution in [-0.4, -0.2) is 9.55 Å². The second-order valence-electron chi connectivity index (χ2n) is 4.00. The normalized spacial score (nSPS) is 11.2. The number of anilines is 1. The number of nitrogens with two attached hydrogens (primary N) is 1. The van der Waals surface area contributed by atoms with Gasteiger partial charge in [0.05, 0.1) is 10.9 Å². The zero-order valence-corrected chi connectivity index (χ0v) is 9.15. The number of benzene rings is 1. The maximum absolute atomic E-state index is 12.0. The van der Waals surface area contributed by atoms with Gasteiger partial charge in [-0.3, -0.25) is 9.36 Å². The Bertz CT molecular complexity index is 652. The Balaban J connectivity index is 2.97. The van der Waals surface area contributed by atoms with Crippen molar-refractivity contribution in [3.05, 3.63) is 39.0 Å². The minimum Gasteiger partial charge on any atom is -0.399 e. The Hall–Kier alpha value is -2.04. The Kier molecular flexibility index (Phi) is 2.30. The minimum absolute atomic E-state index is 0.179. The first-order valence-electron chi connectivity index (χ1n) is 5.05. The molecule has 0 aliphatic heterocycles. The molecule has 2 aromatic rings. The monoisotopic (exact) mass is 219 g/mol. The standard InChI is InChI=1S/C11H13N3O2/c1-6(2)14-10(15)8-5-7(12)3-4-9(8)13-11(14)16/h3-6H,12H2,1-2H3,(H,13,16). The van der Waals surface area contributed by atoms with Crippen LogP contribution < -0.4 is 17.0 Å². The van der Waals surface area contributed by atoms with Crippen molar-refractivity contribution in [3.8, 4) is 0 Å². The van der Waals surface area contributed by atoms with Crippen LogP contribution in [0.1, 0.15) is 19.9 Å². The lowest BCUT2D eigenvalue weighted by atomic mass is 10.2. The number of nitrogen functional groups attached to an aromatic ring is 1. The van der Waals surface area contributed by atoms with E-state index in [4.69, 9.17) is 5.73 Å². The SMILES string of the molecule is CC(C)n1c(=O)[nH]c2ccc(N)cc2c1=O. The van der Waals surface area contributed by atoms with Crippen molar-refractivity contribution in [2.45, 2.75) is 19.9 Å². The predicted molar refractivity (Wildman–Crippen MR) is 63.6 cm³/mol. The van der Waals surface area contributed by atoms with Crippen LogP contribution in [0.5, 0.6) is 0 Å². The van der Waals surface area contributed by atoms with E-state index in [0.717, 1.165) is 0 Å². The Morgan fingerprint density at radius 3 is 2.62 bits per heavy atom. The third-order valence-electron chi connectivity index (χ3n) is 2.47. The topological polar surface area (TPSA) is 80.9 Å². The minimum atomic E-state index is -0.391. The van der Waals surface area contributed by atoms with Gasteiger partial charge in [0.1, 0.15) is 0 Å². The molecule has 0 fully saturated rings. The number of hydrogen-bond donors (Lipinski definition) is 2. The molecule has 0 saturated heterocycles. The molecule has 0 bridgehead atoms. The van der Waals surface area contributed by atoms with Crippen LogP contribution in [0, 0.1) is 0 Å². The fraction of sp³-hybridized carbons (Fsp3) is 0.273. The largest absolute Gasteiger partial charge is 0.399 e. The molecule has 5 heteroatoms. The summed E-state index contributed by atoms with van der Waals surface area (Å²) in [6.07, 6.45) is 0. The number of nitrogens with zero attached hydrogens (tertiary/aromatic N) is 1. The first-order valence-corrected chi connectivity index (χ1v) is 5.05. The molecule has 1 heterocycles. The predicted octanol–water partition coefficient (Wildman–Crippen LogP) is 0.853. The zero-order chi connectivity index (χ0) is 11.9. The van der Waals surface area contributed by atoms with Gasteiger partial charge in [-0.1, -0.05) is 0 Å². The maximum Gasteiger partial charge on any atom is 0.329 e. The Morgan fingerprint density at radius 1 is 1.31 bits per heavy atom. The summed E-state index contributed by atoms with van der Waals surface area (Å²) in [5.41, 5.74) is 5.94. The fourth-order valence-corrected chi connectivity index (χ4v) is 1.71. The van der Waals surface area contributed by atoms with E-state index in [0.29, 0.717) is 16.6 Å². The third-order valence-corrected chi connectivity index (χ3v) is 2.47. The summed E-state index contributed by atoms with van der Waals surface area (Å²) in [5, 5.41) is 0.438. The lowest BCUT2D eigenvalue weighted by molar-refractivity contribution is 0.552. The van der Waals surface area contributed by atoms with Gasteiger partial charge in [0, 0.05) is 11.7 Å². The van der Waals surface area contributed by atoms with Gasteiger partial charge in [0.15, 0.2) is 0 Å². The second kappa shape index (κ2) is 3.52. The highest BCUT2D eigenvalue weighted by Gasteiger charge is 2.09. The van der Waals surface area contributed by atoms with Gasteiger partial charge in [0.2, 0.25) is 0 Å². The molecule has 2 rings (SSSR count). The van der Waals surface area contributed by atoms with E-state index in [2.05, 4.69) is 4.98 Å². The van der Waals surface area contributed by atoms with Crippen LogP contribution in [0.15, 0.2) is 27.8 Å². The molecule has 0 amide bonds. The first kappa shape index (κ1) is 10.5. The summed E-state index contributed by atoms with van der Waals surface area (Å²) in [6, 6.07) is 4.68. The van der Waals surface area contributed by atoms with E-state index in [-0.39, 0.29) is 11.6 Å². The lowest BCUT2D eigenvalue weighted by Crippen LogP contribution is -2.36. The molecule has 0 radical (unpaired) electrons. The molecule has 5 nitrogen and oxygen atoms in total. The van der Waals surface area contributed by atoms with Gasteiger partial charge < -0.3 is 10.7 Å². The molecular formula is C11H13N3O2. The van der Waals surface area contributed by atoms with Crippen molar-refractivity contribution < 1.29 is 0 Å². The molecule has 0 aliphatic rings. The molecule has 16 heavy (non-hydrogen) atoms. The highest BCUT2D eigenvalue weighted by molar-refractivity contribution is 5.80. The number of fused-ring (bicyclic) bond motifs is 1. The van der Waals surface area contributed by atoms with Crippen molar-refractivity contribution in [2.75, 3.05) is 5.73 Å². The summed E-state index contributed by atoms with van der Waals surface area (Å²) < 4.78 is 1.18. The van der Waals surface area contributed by atoms with E-state index in [9.17, 15) is 9.59 Å². The summed E-state index contributed by atoms with van der Waals surface area (Å²) in [6.45, 7) is 3.57. The quantitative estimate of drug-likeness (QED) is 0.698. The summed E-state index contributed by atoms with van der Waals surface area (Å²) in [4.78, 5) is 26.3. The molecule has 1 aromatic carbocycles. The highest BCUT2D eigenvalue weighted by Crippen LogP contribution is 2.10. The molecule has 84 valence electrons. The number of rotatable bonds is 1. The Labute approximate surface area is 91.5 Å². The number of aromatic amines is 1. The van der Waals surface area contributed by atoms with Gasteiger partial charge in [-0.2, -0.15) is 0 Å². The zero-order valence-electron chi connectivity index (χ0n) is 9.15. The summed E-state index contributed by atoms with van der Waals surface area (Å²) in [7, 11) is 0. The molecule has 0 saturated carbocycles. The number of aromatic nitrogens is 2. The van der Waals surface area contributed by atoms with Gasteiger partial charge in [-0.05, 0) is 32.0 Å². The van der Waals surface area contributed by atoms with Crippen LogP contribution in [0.2, 0.25) is 0 Å². The smallest absolute Gasteiger partial charge is 0.329 e. The van der Waals surface area contributed by atoms with E-state index in [1.54, 1.807) is 32.0 Å². The average molecular weight is 219 g/mol. The average Bonchev–Trinajstić information content (AvgIpc) is 2.19. The molecule has 1 aromatic heterocycles. The molecular weight excluding hydrogens is 206 g/mol. The van der Waals surface area contributed by atoms with E-state index in [1.165, 1.54) is 4.57 Å². The maximum atomic E-state index is 12.0. The number of hydrogen-bond acceptors (Lipinski definition) is 3. The van der Waals surface area contributed by atoms with Crippen LogP contribution >= 0.6 is 0 Å². The fourth-order valence-electron chi connectivity index (χ4n) is 1.71. The molecule has 0 atom stereocenters. The van der Waals surface area contributed by atoms with Gasteiger partial charge in [0.25, 0.3) is 5.56 Å². The Morgan fingerprint density at radius 2 is 2.00 bits per heavy atom. The van der Waals surface area contributed by atoms with Gasteiger partial charge in [-0.25, -0.2) is 4.79 Å². The van der Waals surface area contributed by atoms with E-state index in [1.807, 2.05) is 0 Å². The summed E-state index contributed by atoms with van der Waals surface area (Å²) in [5.74, 6) is 0.